The highest BCUT2D eigenvalue weighted by Crippen LogP contribution is 2.38. The van der Waals surface area contributed by atoms with Crippen molar-refractivity contribution in [2.75, 3.05) is 28.4 Å². The first kappa shape index (κ1) is 27.4. The molecule has 2 aromatic carbocycles. The molecule has 4 aromatic rings. The quantitative estimate of drug-likeness (QED) is 0.297. The second kappa shape index (κ2) is 12.3. The van der Waals surface area contributed by atoms with Gasteiger partial charge < -0.3 is 32.9 Å². The van der Waals surface area contributed by atoms with E-state index in [4.69, 9.17) is 27.8 Å². The van der Waals surface area contributed by atoms with Crippen LogP contribution < -0.4 is 30.2 Å². The maximum absolute atomic E-state index is 13.3. The second-order valence-corrected chi connectivity index (χ2v) is 8.78. The largest absolute Gasteiger partial charge is 0.507 e. The summed E-state index contributed by atoms with van der Waals surface area (Å²) in [7, 11) is 6.04. The summed E-state index contributed by atoms with van der Waals surface area (Å²) in [5.74, 6) is 1.22. The molecule has 2 heterocycles. The van der Waals surface area contributed by atoms with Crippen molar-refractivity contribution in [3.63, 3.8) is 0 Å². The van der Waals surface area contributed by atoms with E-state index >= 15 is 0 Å². The van der Waals surface area contributed by atoms with Gasteiger partial charge >= 0.3 is 11.3 Å². The molecule has 204 valence electrons. The van der Waals surface area contributed by atoms with Gasteiger partial charge in [-0.3, -0.25) is 0 Å². The first-order chi connectivity index (χ1) is 18.9. The SMILES string of the molecule is COc1ccc(CCc2cc(O)c(C(Cc3cccc(OC)c3OC)c3cc(OC)cc(=O)o3)c(=O)o2)cc1. The van der Waals surface area contributed by atoms with Crippen molar-refractivity contribution < 1.29 is 32.9 Å². The highest BCUT2D eigenvalue weighted by Gasteiger charge is 2.28. The summed E-state index contributed by atoms with van der Waals surface area (Å²) in [6.45, 7) is 0. The zero-order valence-electron chi connectivity index (χ0n) is 22.2. The maximum atomic E-state index is 13.3. The lowest BCUT2D eigenvalue weighted by molar-refractivity contribution is 0.348. The molecule has 1 unspecified atom stereocenters. The molecule has 0 spiro atoms. The molecule has 0 saturated carbocycles. The fourth-order valence-electron chi connectivity index (χ4n) is 4.48. The number of para-hydroxylation sites is 1. The Morgan fingerprint density at radius 2 is 1.54 bits per heavy atom. The third-order valence-corrected chi connectivity index (χ3v) is 6.44. The monoisotopic (exact) mass is 534 g/mol. The highest BCUT2D eigenvalue weighted by molar-refractivity contribution is 5.49. The van der Waals surface area contributed by atoms with Crippen LogP contribution in [0.3, 0.4) is 0 Å². The molecule has 0 aliphatic carbocycles. The zero-order valence-corrected chi connectivity index (χ0v) is 22.2. The van der Waals surface area contributed by atoms with Gasteiger partial charge in [-0.2, -0.15) is 0 Å². The van der Waals surface area contributed by atoms with Gasteiger partial charge in [0.05, 0.1) is 46.0 Å². The Hall–Kier alpha value is -4.66. The van der Waals surface area contributed by atoms with E-state index in [1.807, 2.05) is 24.3 Å². The molecular weight excluding hydrogens is 504 g/mol. The highest BCUT2D eigenvalue weighted by atomic mass is 16.5. The maximum Gasteiger partial charge on any atom is 0.343 e. The van der Waals surface area contributed by atoms with Crippen LogP contribution in [0, 0.1) is 0 Å². The third kappa shape index (κ3) is 6.26. The number of aryl methyl sites for hydroxylation is 2. The summed E-state index contributed by atoms with van der Waals surface area (Å²) >= 11 is 0. The molecule has 0 aliphatic heterocycles. The topological polar surface area (TPSA) is 118 Å². The van der Waals surface area contributed by atoms with Crippen LogP contribution in [0.25, 0.3) is 0 Å². The Balaban J connectivity index is 1.74. The normalized spacial score (nSPS) is 11.6. The minimum atomic E-state index is -0.902. The van der Waals surface area contributed by atoms with Crippen LogP contribution >= 0.6 is 0 Å². The number of hydrogen-bond donors (Lipinski definition) is 1. The van der Waals surface area contributed by atoms with Crippen LogP contribution in [-0.2, 0) is 19.3 Å². The molecule has 0 fully saturated rings. The Kier molecular flexibility index (Phi) is 8.60. The summed E-state index contributed by atoms with van der Waals surface area (Å²) in [6.07, 6.45) is 1.10. The number of methoxy groups -OCH3 is 4. The van der Waals surface area contributed by atoms with Gasteiger partial charge in [0.2, 0.25) is 0 Å². The van der Waals surface area contributed by atoms with Gasteiger partial charge in [0.15, 0.2) is 11.5 Å². The lowest BCUT2D eigenvalue weighted by atomic mass is 9.89. The number of benzene rings is 2. The average Bonchev–Trinajstić information content (AvgIpc) is 2.94. The molecule has 0 saturated heterocycles. The van der Waals surface area contributed by atoms with Crippen LogP contribution in [-0.4, -0.2) is 33.5 Å². The fourth-order valence-corrected chi connectivity index (χ4v) is 4.48. The molecule has 9 nitrogen and oxygen atoms in total. The van der Waals surface area contributed by atoms with Crippen molar-refractivity contribution in [1.82, 2.24) is 0 Å². The Morgan fingerprint density at radius 1 is 0.795 bits per heavy atom. The zero-order chi connectivity index (χ0) is 27.9. The van der Waals surface area contributed by atoms with E-state index < -0.39 is 17.2 Å². The van der Waals surface area contributed by atoms with Gasteiger partial charge in [0.25, 0.3) is 0 Å². The molecule has 1 N–H and O–H groups in total. The van der Waals surface area contributed by atoms with Gasteiger partial charge in [0.1, 0.15) is 28.8 Å². The van der Waals surface area contributed by atoms with Crippen molar-refractivity contribution >= 4 is 0 Å². The van der Waals surface area contributed by atoms with E-state index in [-0.39, 0.29) is 29.2 Å². The fraction of sp³-hybridized carbons (Fsp3) is 0.267. The molecule has 0 amide bonds. The molecule has 9 heteroatoms. The molecule has 2 aromatic heterocycles. The van der Waals surface area contributed by atoms with Crippen molar-refractivity contribution in [2.45, 2.75) is 25.2 Å². The summed E-state index contributed by atoms with van der Waals surface area (Å²) < 4.78 is 32.5. The molecule has 0 radical (unpaired) electrons. The summed E-state index contributed by atoms with van der Waals surface area (Å²) in [4.78, 5) is 25.6. The minimum absolute atomic E-state index is 0.0514. The predicted molar refractivity (Wildman–Crippen MR) is 144 cm³/mol. The van der Waals surface area contributed by atoms with Gasteiger partial charge in [-0.25, -0.2) is 9.59 Å². The van der Waals surface area contributed by atoms with Gasteiger partial charge in [0, 0.05) is 18.6 Å². The molecule has 1 atom stereocenters. The van der Waals surface area contributed by atoms with E-state index in [0.717, 1.165) is 11.3 Å². The molecular formula is C30H30O9. The van der Waals surface area contributed by atoms with E-state index in [2.05, 4.69) is 0 Å². The van der Waals surface area contributed by atoms with Crippen LogP contribution in [0.5, 0.6) is 28.7 Å². The van der Waals surface area contributed by atoms with Crippen LogP contribution in [0.15, 0.2) is 79.1 Å². The minimum Gasteiger partial charge on any atom is -0.507 e. The second-order valence-electron chi connectivity index (χ2n) is 8.78. The Labute approximate surface area is 225 Å². The first-order valence-electron chi connectivity index (χ1n) is 12.2. The Bertz CT molecular complexity index is 1530. The van der Waals surface area contributed by atoms with Crippen molar-refractivity contribution in [2.24, 2.45) is 0 Å². The third-order valence-electron chi connectivity index (χ3n) is 6.44. The Morgan fingerprint density at radius 3 is 2.18 bits per heavy atom. The van der Waals surface area contributed by atoms with Crippen LogP contribution in [0.4, 0.5) is 0 Å². The summed E-state index contributed by atoms with van der Waals surface area (Å²) in [5, 5.41) is 11.1. The van der Waals surface area contributed by atoms with Gasteiger partial charge in [-0.15, -0.1) is 0 Å². The number of aromatic hydroxyl groups is 1. The van der Waals surface area contributed by atoms with Crippen LogP contribution in [0.2, 0.25) is 0 Å². The van der Waals surface area contributed by atoms with E-state index in [0.29, 0.717) is 35.7 Å². The van der Waals surface area contributed by atoms with Crippen LogP contribution in [0.1, 0.15) is 34.1 Å². The van der Waals surface area contributed by atoms with E-state index in [1.54, 1.807) is 25.3 Å². The lowest BCUT2D eigenvalue weighted by Crippen LogP contribution is -2.19. The van der Waals surface area contributed by atoms with Crippen molar-refractivity contribution in [3.8, 4) is 28.7 Å². The summed E-state index contributed by atoms with van der Waals surface area (Å²) in [5.41, 5.74) is 0.228. The number of ether oxygens (including phenoxy) is 4. The molecule has 4 rings (SSSR count). The number of rotatable bonds is 11. The first-order valence-corrected chi connectivity index (χ1v) is 12.2. The van der Waals surface area contributed by atoms with E-state index in [1.165, 1.54) is 39.5 Å². The van der Waals surface area contributed by atoms with Gasteiger partial charge in [-0.05, 0) is 42.2 Å². The lowest BCUT2D eigenvalue weighted by Gasteiger charge is -2.19. The summed E-state index contributed by atoms with van der Waals surface area (Å²) in [6, 6.07) is 17.0. The smallest absolute Gasteiger partial charge is 0.343 e. The molecule has 0 bridgehead atoms. The van der Waals surface area contributed by atoms with Crippen molar-refractivity contribution in [3.05, 3.63) is 110 Å². The predicted octanol–water partition coefficient (Wildman–Crippen LogP) is 4.49. The number of hydrogen-bond acceptors (Lipinski definition) is 9. The molecule has 0 aliphatic rings. The average molecular weight is 535 g/mol. The van der Waals surface area contributed by atoms with E-state index in [9.17, 15) is 14.7 Å². The molecule has 39 heavy (non-hydrogen) atoms. The van der Waals surface area contributed by atoms with Gasteiger partial charge in [-0.1, -0.05) is 24.3 Å². The van der Waals surface area contributed by atoms with Crippen molar-refractivity contribution in [1.29, 1.82) is 0 Å². The standard InChI is InChI=1S/C30H30O9/c1-34-20-11-8-18(9-12-20)10-13-21-15-24(31)28(30(33)38-21)23(26-16-22(35-2)17-27(32)39-26)14-19-6-5-7-25(36-3)29(19)37-4/h5-9,11-12,15-17,23,31H,10,13-14H2,1-4H3.